The highest BCUT2D eigenvalue weighted by molar-refractivity contribution is 14.1. The van der Waals surface area contributed by atoms with E-state index in [1.54, 1.807) is 0 Å². The smallest absolute Gasteiger partial charge is 0.0130 e. The first kappa shape index (κ1) is 11.4. The number of hydrogen-bond acceptors (Lipinski definition) is 1. The second-order valence-electron chi connectivity index (χ2n) is 4.81. The van der Waals surface area contributed by atoms with Crippen molar-refractivity contribution in [2.45, 2.75) is 38.6 Å². The monoisotopic (exact) mass is 315 g/mol. The van der Waals surface area contributed by atoms with Gasteiger partial charge in [0.15, 0.2) is 0 Å². The van der Waals surface area contributed by atoms with Crippen LogP contribution in [0.3, 0.4) is 0 Å². The molecular formula is C13H18IN. The number of hydrogen-bond donors (Lipinski definition) is 1. The van der Waals surface area contributed by atoms with Crippen molar-refractivity contribution in [2.24, 2.45) is 11.1 Å². The summed E-state index contributed by atoms with van der Waals surface area (Å²) >= 11 is 2.35. The Morgan fingerprint density at radius 3 is 2.47 bits per heavy atom. The van der Waals surface area contributed by atoms with Gasteiger partial charge in [-0.05, 0) is 64.5 Å². The van der Waals surface area contributed by atoms with Crippen molar-refractivity contribution < 1.29 is 0 Å². The van der Waals surface area contributed by atoms with E-state index in [-0.39, 0.29) is 0 Å². The average Bonchev–Trinajstić information content (AvgIpc) is 2.26. The molecule has 3 atom stereocenters. The minimum Gasteiger partial charge on any atom is -0.327 e. The Labute approximate surface area is 106 Å². The summed E-state index contributed by atoms with van der Waals surface area (Å²) in [5, 5.41) is 0. The molecule has 82 valence electrons. The van der Waals surface area contributed by atoms with Crippen LogP contribution in [-0.4, -0.2) is 6.04 Å². The van der Waals surface area contributed by atoms with Gasteiger partial charge in [-0.1, -0.05) is 26.0 Å². The van der Waals surface area contributed by atoms with Crippen molar-refractivity contribution in [3.63, 3.8) is 0 Å². The zero-order valence-corrected chi connectivity index (χ0v) is 11.5. The molecule has 1 saturated carbocycles. The molecule has 2 N–H and O–H groups in total. The fraction of sp³-hybridized carbons (Fsp3) is 0.538. The number of nitrogens with two attached hydrogens (primary N) is 1. The van der Waals surface area contributed by atoms with E-state index in [4.69, 9.17) is 5.73 Å². The minimum absolute atomic E-state index is 0.312. The van der Waals surface area contributed by atoms with Crippen LogP contribution in [0.4, 0.5) is 0 Å². The predicted octanol–water partition coefficient (Wildman–Crippen LogP) is 3.52. The van der Waals surface area contributed by atoms with Gasteiger partial charge >= 0.3 is 0 Å². The number of rotatable bonds is 2. The van der Waals surface area contributed by atoms with Crippen LogP contribution in [0.25, 0.3) is 0 Å². The van der Waals surface area contributed by atoms with Gasteiger partial charge in [-0.2, -0.15) is 0 Å². The SMILES string of the molecule is CCC1(C)C(N)CC1c1ccc(I)cc1. The summed E-state index contributed by atoms with van der Waals surface area (Å²) in [7, 11) is 0. The highest BCUT2D eigenvalue weighted by Crippen LogP contribution is 2.53. The Morgan fingerprint density at radius 2 is 2.00 bits per heavy atom. The molecule has 1 aromatic rings. The molecule has 0 bridgehead atoms. The molecule has 1 nitrogen and oxygen atoms in total. The van der Waals surface area contributed by atoms with Crippen molar-refractivity contribution in [3.8, 4) is 0 Å². The predicted molar refractivity (Wildman–Crippen MR) is 72.9 cm³/mol. The Kier molecular flexibility index (Phi) is 3.08. The lowest BCUT2D eigenvalue weighted by Crippen LogP contribution is -2.54. The lowest BCUT2D eigenvalue weighted by molar-refractivity contribution is 0.0706. The highest BCUT2D eigenvalue weighted by Gasteiger charge is 2.48. The van der Waals surface area contributed by atoms with Gasteiger partial charge in [-0.25, -0.2) is 0 Å². The lowest BCUT2D eigenvalue weighted by Gasteiger charge is -2.53. The summed E-state index contributed by atoms with van der Waals surface area (Å²) in [6, 6.07) is 9.27. The van der Waals surface area contributed by atoms with Crippen LogP contribution >= 0.6 is 22.6 Å². The van der Waals surface area contributed by atoms with Crippen molar-refractivity contribution in [1.82, 2.24) is 0 Å². The van der Waals surface area contributed by atoms with Gasteiger partial charge in [0, 0.05) is 9.61 Å². The molecule has 1 fully saturated rings. The van der Waals surface area contributed by atoms with Gasteiger partial charge in [0.1, 0.15) is 0 Å². The zero-order valence-electron chi connectivity index (χ0n) is 9.33. The van der Waals surface area contributed by atoms with Crippen LogP contribution in [0.5, 0.6) is 0 Å². The maximum atomic E-state index is 6.12. The van der Waals surface area contributed by atoms with Crippen molar-refractivity contribution in [1.29, 1.82) is 0 Å². The van der Waals surface area contributed by atoms with Gasteiger partial charge in [-0.3, -0.25) is 0 Å². The molecule has 2 heteroatoms. The van der Waals surface area contributed by atoms with E-state index in [0.29, 0.717) is 17.4 Å². The van der Waals surface area contributed by atoms with E-state index in [9.17, 15) is 0 Å². The second-order valence-corrected chi connectivity index (χ2v) is 6.05. The molecule has 0 amide bonds. The summed E-state index contributed by atoms with van der Waals surface area (Å²) in [5.74, 6) is 0.662. The number of halogens is 1. The van der Waals surface area contributed by atoms with Crippen LogP contribution < -0.4 is 5.73 Å². The molecule has 3 unspecified atom stereocenters. The second kappa shape index (κ2) is 4.06. The summed E-state index contributed by atoms with van der Waals surface area (Å²) < 4.78 is 1.30. The van der Waals surface area contributed by atoms with Crippen molar-refractivity contribution in [3.05, 3.63) is 33.4 Å². The first-order chi connectivity index (χ1) is 7.08. The molecule has 1 aromatic carbocycles. The largest absolute Gasteiger partial charge is 0.327 e. The van der Waals surface area contributed by atoms with E-state index in [0.717, 1.165) is 6.42 Å². The molecule has 1 aliphatic carbocycles. The molecule has 15 heavy (non-hydrogen) atoms. The standard InChI is InChI=1S/C13H18IN/c1-3-13(2)11(8-12(13)15)9-4-6-10(14)7-5-9/h4-7,11-12H,3,8,15H2,1-2H3. The van der Waals surface area contributed by atoms with Gasteiger partial charge < -0.3 is 5.73 Å². The van der Waals surface area contributed by atoms with Crippen molar-refractivity contribution >= 4 is 22.6 Å². The third-order valence-electron chi connectivity index (χ3n) is 4.17. The molecule has 0 radical (unpaired) electrons. The molecule has 0 spiro atoms. The van der Waals surface area contributed by atoms with Crippen LogP contribution in [0.2, 0.25) is 0 Å². The van der Waals surface area contributed by atoms with Crippen LogP contribution in [0, 0.1) is 8.99 Å². The molecular weight excluding hydrogens is 297 g/mol. The maximum Gasteiger partial charge on any atom is 0.0130 e. The van der Waals surface area contributed by atoms with E-state index in [2.05, 4.69) is 60.7 Å². The highest BCUT2D eigenvalue weighted by atomic mass is 127. The summed E-state index contributed by atoms with van der Waals surface area (Å²) in [6.07, 6.45) is 2.32. The van der Waals surface area contributed by atoms with Crippen LogP contribution in [0.1, 0.15) is 38.2 Å². The molecule has 0 heterocycles. The lowest BCUT2D eigenvalue weighted by atomic mass is 9.54. The van der Waals surface area contributed by atoms with Gasteiger partial charge in [0.2, 0.25) is 0 Å². The quantitative estimate of drug-likeness (QED) is 0.830. The average molecular weight is 315 g/mol. The van der Waals surface area contributed by atoms with Crippen molar-refractivity contribution in [2.75, 3.05) is 0 Å². The Balaban J connectivity index is 2.23. The number of benzene rings is 1. The first-order valence-electron chi connectivity index (χ1n) is 5.59. The molecule has 0 saturated heterocycles. The third kappa shape index (κ3) is 1.82. The Morgan fingerprint density at radius 1 is 1.40 bits per heavy atom. The van der Waals surface area contributed by atoms with E-state index in [1.165, 1.54) is 15.6 Å². The summed E-state index contributed by atoms with van der Waals surface area (Å²) in [4.78, 5) is 0. The van der Waals surface area contributed by atoms with Crippen LogP contribution in [-0.2, 0) is 0 Å². The topological polar surface area (TPSA) is 26.0 Å². The van der Waals surface area contributed by atoms with E-state index < -0.39 is 0 Å². The van der Waals surface area contributed by atoms with E-state index in [1.807, 2.05) is 0 Å². The third-order valence-corrected chi connectivity index (χ3v) is 4.89. The van der Waals surface area contributed by atoms with E-state index >= 15 is 0 Å². The molecule has 0 aromatic heterocycles. The summed E-state index contributed by atoms with van der Waals surface area (Å²) in [6.45, 7) is 4.57. The summed E-state index contributed by atoms with van der Waals surface area (Å²) in [5.41, 5.74) is 7.90. The molecule has 2 rings (SSSR count). The normalized spacial score (nSPS) is 34.9. The zero-order chi connectivity index (χ0) is 11.1. The maximum absolute atomic E-state index is 6.12. The fourth-order valence-corrected chi connectivity index (χ4v) is 2.97. The van der Waals surface area contributed by atoms with Gasteiger partial charge in [-0.15, -0.1) is 0 Å². The molecule has 1 aliphatic rings. The molecule has 0 aliphatic heterocycles. The fourth-order valence-electron chi connectivity index (χ4n) is 2.61. The first-order valence-corrected chi connectivity index (χ1v) is 6.67. The Hall–Kier alpha value is -0.0900. The Bertz CT molecular complexity index is 346. The van der Waals surface area contributed by atoms with Gasteiger partial charge in [0.05, 0.1) is 0 Å². The van der Waals surface area contributed by atoms with Gasteiger partial charge in [0.25, 0.3) is 0 Å². The van der Waals surface area contributed by atoms with Crippen LogP contribution in [0.15, 0.2) is 24.3 Å². The minimum atomic E-state index is 0.312.